The van der Waals surface area contributed by atoms with Gasteiger partial charge >= 0.3 is 6.18 Å². The number of hydrogen-bond donors (Lipinski definition) is 1. The average molecular weight is 266 g/mol. The summed E-state index contributed by atoms with van der Waals surface area (Å²) < 4.78 is 37.5. The summed E-state index contributed by atoms with van der Waals surface area (Å²) in [4.78, 5) is 1.47. The summed E-state index contributed by atoms with van der Waals surface area (Å²) >= 11 is 0. The summed E-state index contributed by atoms with van der Waals surface area (Å²) in [5, 5.41) is 3.17. The van der Waals surface area contributed by atoms with Crippen molar-refractivity contribution in [3.63, 3.8) is 0 Å². The molecule has 18 heavy (non-hydrogen) atoms. The lowest BCUT2D eigenvalue weighted by molar-refractivity contribution is -0.150. The second-order valence-corrected chi connectivity index (χ2v) is 5.81. The van der Waals surface area contributed by atoms with E-state index in [0.29, 0.717) is 11.8 Å². The van der Waals surface area contributed by atoms with Gasteiger partial charge in [-0.15, -0.1) is 0 Å². The number of nitrogens with zero attached hydrogens (tertiary/aromatic N) is 1. The van der Waals surface area contributed by atoms with E-state index in [0.717, 1.165) is 19.3 Å². The van der Waals surface area contributed by atoms with E-state index in [1.807, 2.05) is 7.05 Å². The lowest BCUT2D eigenvalue weighted by Crippen LogP contribution is -2.53. The van der Waals surface area contributed by atoms with Gasteiger partial charge in [-0.2, -0.15) is 13.2 Å². The van der Waals surface area contributed by atoms with Crippen LogP contribution in [0.5, 0.6) is 0 Å². The molecule has 2 nitrogen and oxygen atoms in total. The maximum absolute atomic E-state index is 12.5. The molecule has 0 spiro atoms. The second-order valence-electron chi connectivity index (χ2n) is 5.81. The summed E-state index contributed by atoms with van der Waals surface area (Å²) in [6.45, 7) is 3.50. The number of alkyl halides is 3. The molecule has 0 radical (unpaired) electrons. The third-order valence-corrected chi connectivity index (χ3v) is 4.17. The molecule has 0 amide bonds. The molecule has 108 valence electrons. The van der Waals surface area contributed by atoms with Gasteiger partial charge in [0.05, 0.1) is 6.54 Å². The number of nitrogens with one attached hydrogen (secondary N) is 1. The predicted molar refractivity (Wildman–Crippen MR) is 67.5 cm³/mol. The molecule has 5 heteroatoms. The highest BCUT2D eigenvalue weighted by Gasteiger charge is 2.38. The minimum absolute atomic E-state index is 0.0159. The summed E-state index contributed by atoms with van der Waals surface area (Å²) in [6, 6.07) is 0.158. The summed E-state index contributed by atoms with van der Waals surface area (Å²) in [5.74, 6) is 1.08. The lowest BCUT2D eigenvalue weighted by atomic mass is 9.76. The van der Waals surface area contributed by atoms with Crippen molar-refractivity contribution < 1.29 is 13.2 Å². The van der Waals surface area contributed by atoms with E-state index in [9.17, 15) is 13.2 Å². The minimum Gasteiger partial charge on any atom is -0.315 e. The molecule has 0 aromatic rings. The third-order valence-electron chi connectivity index (χ3n) is 4.17. The highest BCUT2D eigenvalue weighted by atomic mass is 19.4. The van der Waals surface area contributed by atoms with Gasteiger partial charge in [0.15, 0.2) is 0 Å². The Morgan fingerprint density at radius 1 is 1.28 bits per heavy atom. The standard InChI is InChI=1S/C13H25F3N2/c1-9(2)10-5-6-11(17-3)12(7-10)18(4)8-13(14,15)16/h9-12,17H,5-8H2,1-4H3. The van der Waals surface area contributed by atoms with Crippen LogP contribution in [-0.2, 0) is 0 Å². The SMILES string of the molecule is CNC1CCC(C(C)C)CC1N(C)CC(F)(F)F. The van der Waals surface area contributed by atoms with Crippen LogP contribution in [0.4, 0.5) is 13.2 Å². The Hall–Kier alpha value is -0.290. The molecular formula is C13H25F3N2. The Labute approximate surface area is 108 Å². The van der Waals surface area contributed by atoms with Crippen LogP contribution < -0.4 is 5.32 Å². The first kappa shape index (κ1) is 15.8. The van der Waals surface area contributed by atoms with Gasteiger partial charge in [0, 0.05) is 12.1 Å². The normalized spacial score (nSPS) is 30.2. The molecule has 0 aromatic carbocycles. The van der Waals surface area contributed by atoms with Crippen LogP contribution in [0.3, 0.4) is 0 Å². The zero-order valence-corrected chi connectivity index (χ0v) is 11.7. The number of likely N-dealkylation sites (N-methyl/N-ethyl adjacent to an activating group) is 2. The Morgan fingerprint density at radius 3 is 2.33 bits per heavy atom. The predicted octanol–water partition coefficient (Wildman–Crippen LogP) is 2.89. The van der Waals surface area contributed by atoms with E-state index >= 15 is 0 Å². The first-order valence-electron chi connectivity index (χ1n) is 6.69. The Balaban J connectivity index is 2.67. The van der Waals surface area contributed by atoms with E-state index in [1.165, 1.54) is 4.90 Å². The maximum atomic E-state index is 12.5. The van der Waals surface area contributed by atoms with Crippen molar-refractivity contribution in [3.05, 3.63) is 0 Å². The van der Waals surface area contributed by atoms with Crippen molar-refractivity contribution in [1.29, 1.82) is 0 Å². The smallest absolute Gasteiger partial charge is 0.315 e. The van der Waals surface area contributed by atoms with Gasteiger partial charge in [0.1, 0.15) is 0 Å². The number of halogens is 3. The fourth-order valence-electron chi connectivity index (χ4n) is 3.01. The monoisotopic (exact) mass is 266 g/mol. The fourth-order valence-corrected chi connectivity index (χ4v) is 3.01. The van der Waals surface area contributed by atoms with Gasteiger partial charge in [-0.1, -0.05) is 13.8 Å². The molecule has 1 fully saturated rings. The van der Waals surface area contributed by atoms with Gasteiger partial charge in [-0.05, 0) is 45.2 Å². The Kier molecular flexibility index (Phi) is 5.46. The van der Waals surface area contributed by atoms with Gasteiger partial charge in [-0.3, -0.25) is 4.90 Å². The molecule has 1 aliphatic carbocycles. The quantitative estimate of drug-likeness (QED) is 0.841. The van der Waals surface area contributed by atoms with Crippen LogP contribution in [0.1, 0.15) is 33.1 Å². The van der Waals surface area contributed by atoms with Gasteiger partial charge < -0.3 is 5.32 Å². The van der Waals surface area contributed by atoms with Crippen LogP contribution >= 0.6 is 0 Å². The molecule has 3 unspecified atom stereocenters. The van der Waals surface area contributed by atoms with E-state index in [2.05, 4.69) is 19.2 Å². The highest BCUT2D eigenvalue weighted by molar-refractivity contribution is 4.91. The molecule has 3 atom stereocenters. The highest BCUT2D eigenvalue weighted by Crippen LogP contribution is 2.33. The van der Waals surface area contributed by atoms with Crippen molar-refractivity contribution in [2.75, 3.05) is 20.6 Å². The molecule has 1 N–H and O–H groups in total. The van der Waals surface area contributed by atoms with Crippen LogP contribution in [0, 0.1) is 11.8 Å². The summed E-state index contributed by atoms with van der Waals surface area (Å²) in [7, 11) is 3.43. The van der Waals surface area contributed by atoms with Crippen molar-refractivity contribution in [2.24, 2.45) is 11.8 Å². The largest absolute Gasteiger partial charge is 0.401 e. The first-order chi connectivity index (χ1) is 8.24. The average Bonchev–Trinajstić information content (AvgIpc) is 2.25. The van der Waals surface area contributed by atoms with Gasteiger partial charge in [-0.25, -0.2) is 0 Å². The molecule has 0 heterocycles. The third kappa shape index (κ3) is 4.43. The molecular weight excluding hydrogens is 241 g/mol. The molecule has 0 aliphatic heterocycles. The maximum Gasteiger partial charge on any atom is 0.401 e. The molecule has 0 bridgehead atoms. The van der Waals surface area contributed by atoms with Crippen LogP contribution in [0.15, 0.2) is 0 Å². The molecule has 1 aliphatic rings. The van der Waals surface area contributed by atoms with Crippen LogP contribution in [0.25, 0.3) is 0 Å². The molecule has 1 saturated carbocycles. The summed E-state index contributed by atoms with van der Waals surface area (Å²) in [5.41, 5.74) is 0. The fraction of sp³-hybridized carbons (Fsp3) is 1.00. The van der Waals surface area contributed by atoms with Crippen molar-refractivity contribution in [3.8, 4) is 0 Å². The van der Waals surface area contributed by atoms with Gasteiger partial charge in [0.25, 0.3) is 0 Å². The van der Waals surface area contributed by atoms with E-state index in [4.69, 9.17) is 0 Å². The number of rotatable bonds is 4. The second kappa shape index (κ2) is 6.24. The minimum atomic E-state index is -4.11. The zero-order valence-electron chi connectivity index (χ0n) is 11.7. The van der Waals surface area contributed by atoms with Crippen molar-refractivity contribution in [1.82, 2.24) is 10.2 Å². The van der Waals surface area contributed by atoms with E-state index in [-0.39, 0.29) is 12.1 Å². The number of hydrogen-bond acceptors (Lipinski definition) is 2. The first-order valence-corrected chi connectivity index (χ1v) is 6.69. The Morgan fingerprint density at radius 2 is 1.89 bits per heavy atom. The van der Waals surface area contributed by atoms with Crippen LogP contribution in [0.2, 0.25) is 0 Å². The van der Waals surface area contributed by atoms with E-state index < -0.39 is 12.7 Å². The van der Waals surface area contributed by atoms with Crippen molar-refractivity contribution in [2.45, 2.75) is 51.4 Å². The zero-order chi connectivity index (χ0) is 13.9. The molecule has 0 aromatic heterocycles. The lowest BCUT2D eigenvalue weighted by Gasteiger charge is -2.42. The summed E-state index contributed by atoms with van der Waals surface area (Å²) in [6.07, 6.45) is -1.18. The van der Waals surface area contributed by atoms with E-state index in [1.54, 1.807) is 7.05 Å². The molecule has 0 saturated heterocycles. The van der Waals surface area contributed by atoms with Gasteiger partial charge in [0.2, 0.25) is 0 Å². The van der Waals surface area contributed by atoms with Crippen LogP contribution in [-0.4, -0.2) is 43.8 Å². The van der Waals surface area contributed by atoms with Crippen molar-refractivity contribution >= 4 is 0 Å². The topological polar surface area (TPSA) is 15.3 Å². The Bertz CT molecular complexity index is 253. The molecule has 1 rings (SSSR count).